The van der Waals surface area contributed by atoms with Gasteiger partial charge in [-0.2, -0.15) is 0 Å². The average Bonchev–Trinajstić information content (AvgIpc) is 3.41. The Balaban J connectivity index is 1.62. The number of methoxy groups -OCH3 is 2. The van der Waals surface area contributed by atoms with Crippen LogP contribution in [0.4, 0.5) is 14.0 Å². The number of benzene rings is 1. The summed E-state index contributed by atoms with van der Waals surface area (Å²) in [6.45, 7) is 2.36. The normalized spacial score (nSPS) is 20.5. The molecule has 2 aliphatic rings. The van der Waals surface area contributed by atoms with Gasteiger partial charge in [0.1, 0.15) is 5.82 Å². The summed E-state index contributed by atoms with van der Waals surface area (Å²) in [5.41, 5.74) is 0.662. The number of nitrogens with one attached hydrogen (secondary N) is 3. The van der Waals surface area contributed by atoms with E-state index in [9.17, 15) is 14.0 Å². The number of ether oxygens (including phenoxy) is 3. The number of hydrogen-bond donors (Lipinski definition) is 3. The lowest BCUT2D eigenvalue weighted by atomic mass is 9.88. The second-order valence-electron chi connectivity index (χ2n) is 10.5. The molecule has 1 aliphatic carbocycles. The maximum absolute atomic E-state index is 14.1. The number of carbonyl (C=O) groups is 2. The van der Waals surface area contributed by atoms with Crippen molar-refractivity contribution >= 4 is 12.1 Å². The Morgan fingerprint density at radius 1 is 1.21 bits per heavy atom. The van der Waals surface area contributed by atoms with Gasteiger partial charge in [-0.25, -0.2) is 14.0 Å². The minimum atomic E-state index is -0.531. The molecule has 38 heavy (non-hydrogen) atoms. The van der Waals surface area contributed by atoms with Crippen molar-refractivity contribution in [3.8, 4) is 0 Å². The average molecular weight is 537 g/mol. The van der Waals surface area contributed by atoms with E-state index in [4.69, 9.17) is 9.47 Å². The van der Waals surface area contributed by atoms with Gasteiger partial charge in [-0.3, -0.25) is 0 Å². The van der Waals surface area contributed by atoms with Crippen LogP contribution in [0.3, 0.4) is 0 Å². The number of hydrogen-bond acceptors (Lipinski definition) is 6. The maximum Gasteiger partial charge on any atom is 0.406 e. The van der Waals surface area contributed by atoms with Gasteiger partial charge in [-0.1, -0.05) is 25.0 Å². The Morgan fingerprint density at radius 2 is 2.00 bits per heavy atom. The maximum atomic E-state index is 14.1. The molecule has 9 nitrogen and oxygen atoms in total. The third kappa shape index (κ3) is 8.81. The molecule has 10 heteroatoms. The standard InChI is InChI=1S/C28H45FN4O5/c1-30-19-24(11-14-28(37-3)12-4-5-13-28)32-26(34)33-16-7-9-22(20-33)25(21-8-6-10-23(29)18-21)38-17-15-31-27(35)36-2/h6,8,10,18,22,24-25,30H,4-5,7,9,11-17,19-20H2,1-3H3,(H,31,35)(H,32,34)/t22?,24?,25-/m0/s1. The lowest BCUT2D eigenvalue weighted by molar-refractivity contribution is -0.0151. The molecule has 3 amide bonds. The van der Waals surface area contributed by atoms with Crippen LogP contribution in [0.1, 0.15) is 63.0 Å². The zero-order valence-electron chi connectivity index (χ0n) is 23.1. The fourth-order valence-electron chi connectivity index (χ4n) is 5.79. The zero-order chi connectivity index (χ0) is 27.4. The predicted octanol–water partition coefficient (Wildman–Crippen LogP) is 3.99. The summed E-state index contributed by atoms with van der Waals surface area (Å²) in [6.07, 6.45) is 7.06. The number of amides is 3. The van der Waals surface area contributed by atoms with Crippen molar-refractivity contribution in [2.45, 2.75) is 69.1 Å². The number of alkyl carbamates (subject to hydrolysis) is 1. The van der Waals surface area contributed by atoms with Crippen LogP contribution >= 0.6 is 0 Å². The first-order chi connectivity index (χ1) is 18.4. The van der Waals surface area contributed by atoms with Gasteiger partial charge in [0.25, 0.3) is 0 Å². The van der Waals surface area contributed by atoms with Crippen molar-refractivity contribution < 1.29 is 28.2 Å². The van der Waals surface area contributed by atoms with Crippen LogP contribution in [0.5, 0.6) is 0 Å². The Morgan fingerprint density at radius 3 is 2.68 bits per heavy atom. The van der Waals surface area contributed by atoms with Gasteiger partial charge in [-0.05, 0) is 63.3 Å². The highest BCUT2D eigenvalue weighted by molar-refractivity contribution is 5.74. The van der Waals surface area contributed by atoms with Gasteiger partial charge >= 0.3 is 12.1 Å². The van der Waals surface area contributed by atoms with E-state index in [1.807, 2.05) is 18.0 Å². The quantitative estimate of drug-likeness (QED) is 0.330. The highest BCUT2D eigenvalue weighted by Crippen LogP contribution is 2.37. The molecule has 0 aromatic heterocycles. The molecule has 0 spiro atoms. The lowest BCUT2D eigenvalue weighted by Gasteiger charge is -2.38. The molecule has 1 aromatic carbocycles. The third-order valence-corrected chi connectivity index (χ3v) is 7.88. The van der Waals surface area contributed by atoms with Crippen LogP contribution in [0.2, 0.25) is 0 Å². The number of carbonyl (C=O) groups excluding carboxylic acids is 2. The molecular weight excluding hydrogens is 491 g/mol. The van der Waals surface area contributed by atoms with Gasteiger partial charge in [0.2, 0.25) is 0 Å². The second kappa shape index (κ2) is 15.2. The van der Waals surface area contributed by atoms with Crippen molar-refractivity contribution in [3.63, 3.8) is 0 Å². The van der Waals surface area contributed by atoms with Crippen LogP contribution in [0.15, 0.2) is 24.3 Å². The minimum Gasteiger partial charge on any atom is -0.453 e. The molecule has 0 bridgehead atoms. The number of nitrogens with zero attached hydrogens (tertiary/aromatic N) is 1. The zero-order valence-corrected chi connectivity index (χ0v) is 23.1. The monoisotopic (exact) mass is 536 g/mol. The van der Waals surface area contributed by atoms with Crippen molar-refractivity contribution in [3.05, 3.63) is 35.6 Å². The third-order valence-electron chi connectivity index (χ3n) is 7.88. The van der Waals surface area contributed by atoms with Crippen molar-refractivity contribution in [1.29, 1.82) is 0 Å². The summed E-state index contributed by atoms with van der Waals surface area (Å²) < 4.78 is 30.7. The number of piperidine rings is 1. The summed E-state index contributed by atoms with van der Waals surface area (Å²) in [6, 6.07) is 6.31. The Labute approximate surface area is 226 Å². The van der Waals surface area contributed by atoms with Gasteiger partial charge in [0.05, 0.1) is 25.4 Å². The lowest BCUT2D eigenvalue weighted by Crippen LogP contribution is -2.51. The summed E-state index contributed by atoms with van der Waals surface area (Å²) in [5.74, 6) is -0.340. The Hall–Kier alpha value is -2.43. The largest absolute Gasteiger partial charge is 0.453 e. The number of rotatable bonds is 13. The molecule has 3 atom stereocenters. The molecule has 1 heterocycles. The summed E-state index contributed by atoms with van der Waals surface area (Å²) in [5, 5.41) is 9.05. The SMILES string of the molecule is CNCC(CCC1(OC)CCCC1)NC(=O)N1CCCC([C@@H](OCCNC(=O)OC)c2cccc(F)c2)C1. The molecular formula is C28H45FN4O5. The molecule has 1 saturated carbocycles. The smallest absolute Gasteiger partial charge is 0.406 e. The first-order valence-corrected chi connectivity index (χ1v) is 13.8. The molecule has 2 unspecified atom stereocenters. The summed E-state index contributed by atoms with van der Waals surface area (Å²) in [7, 11) is 5.00. The van der Waals surface area contributed by atoms with E-state index in [1.165, 1.54) is 32.1 Å². The first-order valence-electron chi connectivity index (χ1n) is 13.8. The Kier molecular flexibility index (Phi) is 12.1. The van der Waals surface area contributed by atoms with E-state index in [0.29, 0.717) is 19.6 Å². The highest BCUT2D eigenvalue weighted by Gasteiger charge is 2.35. The number of halogens is 1. The fraction of sp³-hybridized carbons (Fsp3) is 0.714. The first kappa shape index (κ1) is 30.1. The van der Waals surface area contributed by atoms with E-state index in [0.717, 1.165) is 44.1 Å². The number of likely N-dealkylation sites (tertiary alicyclic amines) is 1. The molecule has 214 valence electrons. The van der Waals surface area contributed by atoms with E-state index >= 15 is 0 Å². The molecule has 3 rings (SSSR count). The molecule has 2 fully saturated rings. The van der Waals surface area contributed by atoms with Crippen LogP contribution in [-0.4, -0.2) is 82.7 Å². The highest BCUT2D eigenvalue weighted by atomic mass is 19.1. The fourth-order valence-corrected chi connectivity index (χ4v) is 5.79. The van der Waals surface area contributed by atoms with Gasteiger partial charge in [0, 0.05) is 45.2 Å². The van der Waals surface area contributed by atoms with Gasteiger partial charge < -0.3 is 35.1 Å². The van der Waals surface area contributed by atoms with E-state index in [-0.39, 0.29) is 42.6 Å². The van der Waals surface area contributed by atoms with Crippen LogP contribution in [-0.2, 0) is 14.2 Å². The van der Waals surface area contributed by atoms with E-state index < -0.39 is 12.2 Å². The number of likely N-dealkylation sites (N-methyl/N-ethyl adjacent to an activating group) is 1. The molecule has 1 aromatic rings. The topological polar surface area (TPSA) is 101 Å². The Bertz CT molecular complexity index is 883. The van der Waals surface area contributed by atoms with Crippen molar-refractivity contribution in [2.24, 2.45) is 5.92 Å². The minimum absolute atomic E-state index is 0.000152. The van der Waals surface area contributed by atoms with Crippen molar-refractivity contribution in [2.75, 3.05) is 54.1 Å². The summed E-state index contributed by atoms with van der Waals surface area (Å²) in [4.78, 5) is 26.6. The molecule has 0 radical (unpaired) electrons. The van der Waals surface area contributed by atoms with Crippen LogP contribution < -0.4 is 16.0 Å². The van der Waals surface area contributed by atoms with Crippen molar-refractivity contribution in [1.82, 2.24) is 20.9 Å². The van der Waals surface area contributed by atoms with Gasteiger partial charge in [-0.15, -0.1) is 0 Å². The van der Waals surface area contributed by atoms with Gasteiger partial charge in [0.15, 0.2) is 0 Å². The van der Waals surface area contributed by atoms with Crippen LogP contribution in [0.25, 0.3) is 0 Å². The molecule has 1 aliphatic heterocycles. The number of urea groups is 1. The van der Waals surface area contributed by atoms with E-state index in [1.54, 1.807) is 13.2 Å². The van der Waals surface area contributed by atoms with Crippen LogP contribution in [0, 0.1) is 11.7 Å². The second-order valence-corrected chi connectivity index (χ2v) is 10.5. The molecule has 1 saturated heterocycles. The summed E-state index contributed by atoms with van der Waals surface area (Å²) >= 11 is 0. The van der Waals surface area contributed by atoms with E-state index in [2.05, 4.69) is 20.7 Å². The molecule has 3 N–H and O–H groups in total. The predicted molar refractivity (Wildman–Crippen MR) is 143 cm³/mol.